The molecular formula is C13H10Br2F2N2. The summed E-state index contributed by atoms with van der Waals surface area (Å²) in [4.78, 5) is 4.18. The highest BCUT2D eigenvalue weighted by Gasteiger charge is 2.24. The van der Waals surface area contributed by atoms with Crippen LogP contribution in [0.4, 0.5) is 8.78 Å². The van der Waals surface area contributed by atoms with Crippen LogP contribution in [0, 0.1) is 11.6 Å². The van der Waals surface area contributed by atoms with Crippen LogP contribution in [0.25, 0.3) is 0 Å². The maximum absolute atomic E-state index is 14.1. The minimum absolute atomic E-state index is 0.0590. The molecule has 0 amide bonds. The largest absolute Gasteiger partial charge is 0.308 e. The smallest absolute Gasteiger partial charge is 0.145 e. The Morgan fingerprint density at radius 2 is 1.89 bits per heavy atom. The lowest BCUT2D eigenvalue weighted by atomic mass is 10.0. The standard InChI is InChI=1S/C13H10Br2F2N2/c1-18-13(12-8(15)3-2-6-19-12)10-9(16)5-4-7(14)11(10)17/h2-6,13,18H,1H3. The van der Waals surface area contributed by atoms with Crippen molar-refractivity contribution in [2.45, 2.75) is 6.04 Å². The Morgan fingerprint density at radius 1 is 1.16 bits per heavy atom. The Balaban J connectivity index is 2.61. The summed E-state index contributed by atoms with van der Waals surface area (Å²) < 4.78 is 29.0. The van der Waals surface area contributed by atoms with E-state index in [4.69, 9.17) is 0 Å². The third kappa shape index (κ3) is 2.85. The minimum atomic E-state index is -0.673. The van der Waals surface area contributed by atoms with Gasteiger partial charge in [-0.05, 0) is 63.2 Å². The number of benzene rings is 1. The molecule has 0 aliphatic rings. The first-order valence-electron chi connectivity index (χ1n) is 5.47. The lowest BCUT2D eigenvalue weighted by Gasteiger charge is -2.19. The Labute approximate surface area is 126 Å². The zero-order chi connectivity index (χ0) is 14.0. The molecule has 0 spiro atoms. The second-order valence-electron chi connectivity index (χ2n) is 3.85. The van der Waals surface area contributed by atoms with Gasteiger partial charge in [0.25, 0.3) is 0 Å². The van der Waals surface area contributed by atoms with Gasteiger partial charge in [-0.3, -0.25) is 4.98 Å². The number of pyridine rings is 1. The Hall–Kier alpha value is -0.850. The summed E-state index contributed by atoms with van der Waals surface area (Å²) in [6.07, 6.45) is 1.58. The lowest BCUT2D eigenvalue weighted by molar-refractivity contribution is 0.513. The Morgan fingerprint density at radius 3 is 2.53 bits per heavy atom. The summed E-state index contributed by atoms with van der Waals surface area (Å²) in [7, 11) is 1.63. The highest BCUT2D eigenvalue weighted by molar-refractivity contribution is 9.10. The van der Waals surface area contributed by atoms with Crippen molar-refractivity contribution in [1.29, 1.82) is 0 Å². The molecule has 1 unspecified atom stereocenters. The number of nitrogens with one attached hydrogen (secondary N) is 1. The second kappa shape index (κ2) is 6.07. The number of hydrogen-bond acceptors (Lipinski definition) is 2. The number of nitrogens with zero attached hydrogens (tertiary/aromatic N) is 1. The van der Waals surface area contributed by atoms with E-state index >= 15 is 0 Å². The first-order valence-corrected chi connectivity index (χ1v) is 7.06. The summed E-state index contributed by atoms with van der Waals surface area (Å²) in [5, 5.41) is 2.89. The molecular weight excluding hydrogens is 382 g/mol. The molecule has 1 atom stereocenters. The van der Waals surface area contributed by atoms with Gasteiger partial charge in [0.1, 0.15) is 11.6 Å². The summed E-state index contributed by atoms with van der Waals surface area (Å²) in [5.74, 6) is -1.24. The number of aromatic nitrogens is 1. The highest BCUT2D eigenvalue weighted by Crippen LogP contribution is 2.32. The lowest BCUT2D eigenvalue weighted by Crippen LogP contribution is -2.22. The molecule has 0 radical (unpaired) electrons. The van der Waals surface area contributed by atoms with Gasteiger partial charge in [0.2, 0.25) is 0 Å². The van der Waals surface area contributed by atoms with E-state index in [2.05, 4.69) is 42.2 Å². The van der Waals surface area contributed by atoms with Gasteiger partial charge in [0, 0.05) is 16.2 Å². The zero-order valence-corrected chi connectivity index (χ0v) is 13.1. The summed E-state index contributed by atoms with van der Waals surface area (Å²) in [5.41, 5.74) is 0.470. The number of halogens is 4. The molecule has 1 aromatic heterocycles. The molecule has 1 heterocycles. The van der Waals surface area contributed by atoms with Crippen molar-refractivity contribution < 1.29 is 8.78 Å². The van der Waals surface area contributed by atoms with Crippen LogP contribution in [0.2, 0.25) is 0 Å². The van der Waals surface area contributed by atoms with E-state index < -0.39 is 17.7 Å². The van der Waals surface area contributed by atoms with Crippen LogP contribution in [0.3, 0.4) is 0 Å². The van der Waals surface area contributed by atoms with Crippen molar-refractivity contribution in [2.24, 2.45) is 0 Å². The minimum Gasteiger partial charge on any atom is -0.308 e. The average Bonchev–Trinajstić information content (AvgIpc) is 2.40. The molecule has 0 fully saturated rings. The van der Waals surface area contributed by atoms with E-state index in [0.29, 0.717) is 10.2 Å². The topological polar surface area (TPSA) is 24.9 Å². The first kappa shape index (κ1) is 14.6. The number of rotatable bonds is 3. The van der Waals surface area contributed by atoms with Crippen LogP contribution in [-0.2, 0) is 0 Å². The van der Waals surface area contributed by atoms with Gasteiger partial charge < -0.3 is 5.32 Å². The monoisotopic (exact) mass is 390 g/mol. The van der Waals surface area contributed by atoms with Gasteiger partial charge in [-0.15, -0.1) is 0 Å². The molecule has 2 nitrogen and oxygen atoms in total. The average molecular weight is 392 g/mol. The SMILES string of the molecule is CNC(c1ncccc1Br)c1c(F)ccc(Br)c1F. The van der Waals surface area contributed by atoms with Gasteiger partial charge in [-0.25, -0.2) is 8.78 Å². The van der Waals surface area contributed by atoms with Crippen molar-refractivity contribution in [1.82, 2.24) is 10.3 Å². The fourth-order valence-corrected chi connectivity index (χ4v) is 2.67. The molecule has 0 saturated heterocycles. The van der Waals surface area contributed by atoms with E-state index in [9.17, 15) is 8.78 Å². The number of hydrogen-bond donors (Lipinski definition) is 1. The Kier molecular flexibility index (Phi) is 4.65. The van der Waals surface area contributed by atoms with Crippen molar-refractivity contribution in [3.63, 3.8) is 0 Å². The molecule has 2 rings (SSSR count). The summed E-state index contributed by atoms with van der Waals surface area (Å²) in [6, 6.07) is 5.42. The molecule has 1 aromatic carbocycles. The van der Waals surface area contributed by atoms with Gasteiger partial charge in [0.15, 0.2) is 0 Å². The molecule has 100 valence electrons. The maximum Gasteiger partial charge on any atom is 0.145 e. The molecule has 19 heavy (non-hydrogen) atoms. The van der Waals surface area contributed by atoms with Crippen molar-refractivity contribution in [2.75, 3.05) is 7.05 Å². The summed E-state index contributed by atoms with van der Waals surface area (Å²) in [6.45, 7) is 0. The van der Waals surface area contributed by atoms with Crippen LogP contribution >= 0.6 is 31.9 Å². The zero-order valence-electron chi connectivity index (χ0n) is 9.92. The van der Waals surface area contributed by atoms with Crippen LogP contribution < -0.4 is 5.32 Å². The van der Waals surface area contributed by atoms with E-state index in [1.165, 1.54) is 12.1 Å². The predicted molar refractivity (Wildman–Crippen MR) is 76.9 cm³/mol. The van der Waals surface area contributed by atoms with E-state index in [1.54, 1.807) is 25.4 Å². The van der Waals surface area contributed by atoms with E-state index in [1.807, 2.05) is 0 Å². The van der Waals surface area contributed by atoms with Gasteiger partial charge in [-0.2, -0.15) is 0 Å². The molecule has 0 bridgehead atoms. The fraction of sp³-hybridized carbons (Fsp3) is 0.154. The molecule has 0 aliphatic carbocycles. The molecule has 6 heteroatoms. The van der Waals surface area contributed by atoms with E-state index in [0.717, 1.165) is 0 Å². The van der Waals surface area contributed by atoms with Crippen molar-refractivity contribution in [3.05, 3.63) is 62.3 Å². The molecule has 0 aliphatic heterocycles. The Bertz CT molecular complexity index is 605. The molecule has 0 saturated carbocycles. The summed E-state index contributed by atoms with van der Waals surface area (Å²) >= 11 is 6.41. The van der Waals surface area contributed by atoms with Crippen LogP contribution in [-0.4, -0.2) is 12.0 Å². The first-order chi connectivity index (χ1) is 9.06. The van der Waals surface area contributed by atoms with Crippen molar-refractivity contribution >= 4 is 31.9 Å². The molecule has 2 aromatic rings. The third-order valence-electron chi connectivity index (χ3n) is 2.72. The maximum atomic E-state index is 14.1. The van der Waals surface area contributed by atoms with Crippen LogP contribution in [0.1, 0.15) is 17.3 Å². The predicted octanol–water partition coefficient (Wildman–Crippen LogP) is 4.19. The van der Waals surface area contributed by atoms with E-state index in [-0.39, 0.29) is 10.0 Å². The van der Waals surface area contributed by atoms with Crippen LogP contribution in [0.5, 0.6) is 0 Å². The fourth-order valence-electron chi connectivity index (χ4n) is 1.84. The van der Waals surface area contributed by atoms with Crippen molar-refractivity contribution in [3.8, 4) is 0 Å². The van der Waals surface area contributed by atoms with Gasteiger partial charge in [-0.1, -0.05) is 0 Å². The van der Waals surface area contributed by atoms with Gasteiger partial charge in [0.05, 0.1) is 16.2 Å². The highest BCUT2D eigenvalue weighted by atomic mass is 79.9. The normalized spacial score (nSPS) is 12.5. The molecule has 1 N–H and O–H groups in total. The van der Waals surface area contributed by atoms with Gasteiger partial charge >= 0.3 is 0 Å². The van der Waals surface area contributed by atoms with Crippen LogP contribution in [0.15, 0.2) is 39.4 Å². The third-order valence-corrected chi connectivity index (χ3v) is 4.00. The quantitative estimate of drug-likeness (QED) is 0.793. The second-order valence-corrected chi connectivity index (χ2v) is 5.56.